The van der Waals surface area contributed by atoms with E-state index in [-0.39, 0.29) is 11.5 Å². The number of allylic oxidation sites excluding steroid dienone is 1. The second-order valence-electron chi connectivity index (χ2n) is 7.68. The summed E-state index contributed by atoms with van der Waals surface area (Å²) in [7, 11) is 3.50. The molecule has 5 nitrogen and oxygen atoms in total. The van der Waals surface area contributed by atoms with Gasteiger partial charge in [-0.3, -0.25) is 14.2 Å². The SMILES string of the molecule is C=CCn1c(SCc2cccc(C(=O)N(C)C)c2)nc2sc3c(c2c1=O)CCCC3. The molecular weight excluding hydrogens is 414 g/mol. The zero-order valence-corrected chi connectivity index (χ0v) is 18.9. The molecule has 30 heavy (non-hydrogen) atoms. The van der Waals surface area contributed by atoms with Crippen LogP contribution in [0.25, 0.3) is 10.2 Å². The highest BCUT2D eigenvalue weighted by molar-refractivity contribution is 7.98. The summed E-state index contributed by atoms with van der Waals surface area (Å²) in [5.74, 6) is 0.614. The van der Waals surface area contributed by atoms with E-state index in [2.05, 4.69) is 6.58 Å². The predicted octanol–water partition coefficient (Wildman–Crippen LogP) is 4.52. The van der Waals surface area contributed by atoms with E-state index in [4.69, 9.17) is 4.98 Å². The molecule has 0 unspecified atom stereocenters. The Kier molecular flexibility index (Phi) is 6.11. The van der Waals surface area contributed by atoms with Gasteiger partial charge >= 0.3 is 0 Å². The molecule has 0 atom stereocenters. The number of thioether (sulfide) groups is 1. The molecule has 0 radical (unpaired) electrons. The maximum Gasteiger partial charge on any atom is 0.263 e. The fraction of sp³-hybridized carbons (Fsp3) is 0.348. The third-order valence-corrected chi connectivity index (χ3v) is 7.53. The Labute approximate surface area is 184 Å². The van der Waals surface area contributed by atoms with Gasteiger partial charge in [-0.1, -0.05) is 30.0 Å². The summed E-state index contributed by atoms with van der Waals surface area (Å²) in [5.41, 5.74) is 2.94. The molecule has 0 N–H and O–H groups in total. The monoisotopic (exact) mass is 439 g/mol. The molecule has 0 aliphatic heterocycles. The van der Waals surface area contributed by atoms with Crippen molar-refractivity contribution in [2.24, 2.45) is 0 Å². The Hall–Kier alpha value is -2.38. The first-order valence-corrected chi connectivity index (χ1v) is 11.9. The van der Waals surface area contributed by atoms with Gasteiger partial charge in [0, 0.05) is 36.8 Å². The Bertz CT molecular complexity index is 1180. The van der Waals surface area contributed by atoms with E-state index < -0.39 is 0 Å². The topological polar surface area (TPSA) is 55.2 Å². The summed E-state index contributed by atoms with van der Waals surface area (Å²) >= 11 is 3.20. The lowest BCUT2D eigenvalue weighted by Gasteiger charge is -2.13. The van der Waals surface area contributed by atoms with E-state index in [0.29, 0.717) is 23.0 Å². The minimum atomic E-state index is -0.0193. The van der Waals surface area contributed by atoms with Crippen molar-refractivity contribution in [3.63, 3.8) is 0 Å². The van der Waals surface area contributed by atoms with Gasteiger partial charge in [-0.05, 0) is 48.9 Å². The van der Waals surface area contributed by atoms with Gasteiger partial charge in [-0.2, -0.15) is 0 Å². The van der Waals surface area contributed by atoms with Gasteiger partial charge in [0.05, 0.1) is 5.39 Å². The van der Waals surface area contributed by atoms with Crippen molar-refractivity contribution >= 4 is 39.2 Å². The first-order valence-electron chi connectivity index (χ1n) is 10.1. The number of amides is 1. The van der Waals surface area contributed by atoms with E-state index in [1.165, 1.54) is 28.6 Å². The molecule has 4 rings (SSSR count). The van der Waals surface area contributed by atoms with Crippen LogP contribution in [0.3, 0.4) is 0 Å². The van der Waals surface area contributed by atoms with E-state index in [9.17, 15) is 9.59 Å². The quantitative estimate of drug-likeness (QED) is 0.322. The first kappa shape index (κ1) is 20.9. The maximum absolute atomic E-state index is 13.3. The molecule has 7 heteroatoms. The van der Waals surface area contributed by atoms with Crippen LogP contribution in [0.2, 0.25) is 0 Å². The summed E-state index contributed by atoms with van der Waals surface area (Å²) in [4.78, 5) is 34.2. The van der Waals surface area contributed by atoms with Crippen LogP contribution in [0.4, 0.5) is 0 Å². The second-order valence-corrected chi connectivity index (χ2v) is 9.70. The van der Waals surface area contributed by atoms with Crippen LogP contribution in [0.1, 0.15) is 39.2 Å². The minimum absolute atomic E-state index is 0.0193. The summed E-state index contributed by atoms with van der Waals surface area (Å²) in [5, 5.41) is 1.51. The molecule has 0 spiro atoms. The number of aryl methyl sites for hydroxylation is 2. The van der Waals surface area contributed by atoms with Gasteiger partial charge in [-0.25, -0.2) is 4.98 Å². The minimum Gasteiger partial charge on any atom is -0.345 e. The number of benzene rings is 1. The summed E-state index contributed by atoms with van der Waals surface area (Å²) in [6.07, 6.45) is 6.09. The normalized spacial score (nSPS) is 13.3. The van der Waals surface area contributed by atoms with Gasteiger partial charge in [0.25, 0.3) is 11.5 Å². The van der Waals surface area contributed by atoms with Crippen LogP contribution in [0.15, 0.2) is 46.9 Å². The van der Waals surface area contributed by atoms with Crippen molar-refractivity contribution in [1.29, 1.82) is 0 Å². The van der Waals surface area contributed by atoms with Crippen molar-refractivity contribution in [2.75, 3.05) is 14.1 Å². The predicted molar refractivity (Wildman–Crippen MR) is 125 cm³/mol. The lowest BCUT2D eigenvalue weighted by molar-refractivity contribution is 0.0827. The third kappa shape index (κ3) is 3.96. The highest BCUT2D eigenvalue weighted by Crippen LogP contribution is 2.35. The van der Waals surface area contributed by atoms with Crippen molar-refractivity contribution < 1.29 is 4.79 Å². The summed E-state index contributed by atoms with van der Waals surface area (Å²) < 4.78 is 1.73. The van der Waals surface area contributed by atoms with Crippen LogP contribution >= 0.6 is 23.1 Å². The number of thiophene rings is 1. The van der Waals surface area contributed by atoms with E-state index >= 15 is 0 Å². The maximum atomic E-state index is 13.3. The van der Waals surface area contributed by atoms with Crippen LogP contribution in [0.5, 0.6) is 0 Å². The molecule has 2 aromatic heterocycles. The van der Waals surface area contributed by atoms with Crippen molar-refractivity contribution in [3.8, 4) is 0 Å². The molecule has 1 amide bonds. The number of nitrogens with zero attached hydrogens (tertiary/aromatic N) is 3. The van der Waals surface area contributed by atoms with Gasteiger partial charge in [0.2, 0.25) is 0 Å². The molecular formula is C23H25N3O2S2. The van der Waals surface area contributed by atoms with Crippen LogP contribution in [0, 0.1) is 0 Å². The van der Waals surface area contributed by atoms with Gasteiger partial charge in [-0.15, -0.1) is 17.9 Å². The smallest absolute Gasteiger partial charge is 0.263 e. The zero-order chi connectivity index (χ0) is 21.3. The number of carbonyl (C=O) groups excluding carboxylic acids is 1. The van der Waals surface area contributed by atoms with Crippen molar-refractivity contribution in [2.45, 2.75) is 43.1 Å². The molecule has 1 aliphatic carbocycles. The van der Waals surface area contributed by atoms with Gasteiger partial charge < -0.3 is 4.90 Å². The number of fused-ring (bicyclic) bond motifs is 3. The molecule has 1 aliphatic rings. The molecule has 0 saturated heterocycles. The fourth-order valence-corrected chi connectivity index (χ4v) is 6.07. The standard InChI is InChI=1S/C23H25N3O2S2/c1-4-12-26-22(28)19-17-10-5-6-11-18(17)30-20(19)24-23(26)29-14-15-8-7-9-16(13-15)21(27)25(2)3/h4,7-9,13H,1,5-6,10-12,14H2,2-3H3. The number of rotatable bonds is 6. The van der Waals surface area contributed by atoms with E-state index in [1.807, 2.05) is 24.3 Å². The van der Waals surface area contributed by atoms with Crippen LogP contribution in [-0.2, 0) is 25.1 Å². The Morgan fingerprint density at radius 1 is 1.33 bits per heavy atom. The summed E-state index contributed by atoms with van der Waals surface area (Å²) in [6.45, 7) is 4.26. The molecule has 2 heterocycles. The van der Waals surface area contributed by atoms with Crippen molar-refractivity contribution in [1.82, 2.24) is 14.5 Å². The molecule has 0 bridgehead atoms. The summed E-state index contributed by atoms with van der Waals surface area (Å²) in [6, 6.07) is 7.63. The molecule has 3 aromatic rings. The van der Waals surface area contributed by atoms with Crippen molar-refractivity contribution in [3.05, 3.63) is 68.8 Å². The van der Waals surface area contributed by atoms with E-state index in [0.717, 1.165) is 35.0 Å². The molecule has 0 fully saturated rings. The molecule has 1 aromatic carbocycles. The fourth-order valence-electron chi connectivity index (χ4n) is 3.82. The Morgan fingerprint density at radius 2 is 2.13 bits per heavy atom. The lowest BCUT2D eigenvalue weighted by atomic mass is 9.97. The zero-order valence-electron chi connectivity index (χ0n) is 17.3. The Morgan fingerprint density at radius 3 is 2.90 bits per heavy atom. The first-order chi connectivity index (χ1) is 14.5. The Balaban J connectivity index is 1.68. The molecule has 156 valence electrons. The van der Waals surface area contributed by atoms with Crippen LogP contribution < -0.4 is 5.56 Å². The largest absolute Gasteiger partial charge is 0.345 e. The highest BCUT2D eigenvalue weighted by atomic mass is 32.2. The van der Waals surface area contributed by atoms with E-state index in [1.54, 1.807) is 41.0 Å². The van der Waals surface area contributed by atoms with Gasteiger partial charge in [0.15, 0.2) is 5.16 Å². The van der Waals surface area contributed by atoms with Gasteiger partial charge in [0.1, 0.15) is 4.83 Å². The lowest BCUT2D eigenvalue weighted by Crippen LogP contribution is -2.23. The average Bonchev–Trinajstić information content (AvgIpc) is 3.12. The number of hydrogen-bond acceptors (Lipinski definition) is 5. The second kappa shape index (κ2) is 8.78. The number of hydrogen-bond donors (Lipinski definition) is 0. The average molecular weight is 440 g/mol. The number of aromatic nitrogens is 2. The number of carbonyl (C=O) groups is 1. The third-order valence-electron chi connectivity index (χ3n) is 5.30. The molecule has 0 saturated carbocycles. The highest BCUT2D eigenvalue weighted by Gasteiger charge is 2.22. The van der Waals surface area contributed by atoms with Crippen LogP contribution in [-0.4, -0.2) is 34.5 Å².